The van der Waals surface area contributed by atoms with Gasteiger partial charge in [-0.05, 0) is 12.1 Å². The number of aryl methyl sites for hydroxylation is 1. The van der Waals surface area contributed by atoms with Crippen molar-refractivity contribution in [3.05, 3.63) is 42.5 Å². The number of imidazole rings is 1. The fourth-order valence-electron chi connectivity index (χ4n) is 3.61. The highest BCUT2D eigenvalue weighted by Crippen LogP contribution is 2.26. The average Bonchev–Trinajstić information content (AvgIpc) is 3.10. The van der Waals surface area contributed by atoms with Crippen molar-refractivity contribution in [1.82, 2.24) is 14.5 Å². The first kappa shape index (κ1) is 18.9. The van der Waals surface area contributed by atoms with Gasteiger partial charge in [-0.25, -0.2) is 9.78 Å². The van der Waals surface area contributed by atoms with Gasteiger partial charge in [-0.2, -0.15) is 0 Å². The van der Waals surface area contributed by atoms with Gasteiger partial charge in [0.2, 0.25) is 5.95 Å². The minimum atomic E-state index is -0.134. The summed E-state index contributed by atoms with van der Waals surface area (Å²) >= 11 is 0. The first-order chi connectivity index (χ1) is 14.1. The summed E-state index contributed by atoms with van der Waals surface area (Å²) in [5.41, 5.74) is 2.73. The number of fused-ring (bicyclic) bond motifs is 1. The van der Waals surface area contributed by atoms with Gasteiger partial charge < -0.3 is 29.2 Å². The Morgan fingerprint density at radius 3 is 2.28 bits per heavy atom. The molecule has 1 aliphatic rings. The number of carbonyl (C=O) groups is 1. The zero-order valence-corrected chi connectivity index (χ0v) is 16.9. The number of benzene rings is 2. The summed E-state index contributed by atoms with van der Waals surface area (Å²) in [6.45, 7) is 2.70. The fraction of sp³-hybridized carbons (Fsp3) is 0.333. The molecule has 0 bridgehead atoms. The molecular formula is C21H25N5O3. The Labute approximate surface area is 169 Å². The molecule has 4 rings (SSSR count). The van der Waals surface area contributed by atoms with E-state index in [0.29, 0.717) is 30.3 Å². The third-order valence-electron chi connectivity index (χ3n) is 5.22. The molecule has 152 valence electrons. The topological polar surface area (TPSA) is 71.9 Å². The molecule has 1 aromatic heterocycles. The van der Waals surface area contributed by atoms with Crippen molar-refractivity contribution in [3.8, 4) is 11.5 Å². The number of methoxy groups -OCH3 is 2. The minimum absolute atomic E-state index is 0.134. The third-order valence-corrected chi connectivity index (χ3v) is 5.22. The Hall–Kier alpha value is -3.42. The molecule has 1 fully saturated rings. The summed E-state index contributed by atoms with van der Waals surface area (Å²) in [6.07, 6.45) is 0. The van der Waals surface area contributed by atoms with E-state index in [0.717, 1.165) is 30.1 Å². The largest absolute Gasteiger partial charge is 0.497 e. The van der Waals surface area contributed by atoms with E-state index >= 15 is 0 Å². The lowest BCUT2D eigenvalue weighted by atomic mass is 10.2. The maximum atomic E-state index is 12.7. The van der Waals surface area contributed by atoms with Crippen LogP contribution in [0, 0.1) is 0 Å². The average molecular weight is 395 g/mol. The number of carbonyl (C=O) groups excluding carboxylic acids is 1. The predicted molar refractivity (Wildman–Crippen MR) is 113 cm³/mol. The normalized spacial score (nSPS) is 14.2. The number of hydrogen-bond donors (Lipinski definition) is 1. The zero-order valence-electron chi connectivity index (χ0n) is 16.9. The Morgan fingerprint density at radius 2 is 1.66 bits per heavy atom. The smallest absolute Gasteiger partial charge is 0.321 e. The highest BCUT2D eigenvalue weighted by atomic mass is 16.5. The second kappa shape index (κ2) is 7.90. The standard InChI is InChI=1S/C21H25N5O3/c1-24-19-7-5-4-6-18(19)23-20(24)25-8-10-26(11-9-25)21(27)22-15-12-16(28-2)14-17(13-15)29-3/h4-7,12-14H,8-11H2,1-3H3,(H,22,27). The molecule has 2 amide bonds. The third kappa shape index (κ3) is 3.78. The Bertz CT molecular complexity index is 1000. The van der Waals surface area contributed by atoms with Crippen molar-refractivity contribution in [3.63, 3.8) is 0 Å². The maximum Gasteiger partial charge on any atom is 0.321 e. The Balaban J connectivity index is 1.41. The lowest BCUT2D eigenvalue weighted by Gasteiger charge is -2.35. The van der Waals surface area contributed by atoms with Crippen molar-refractivity contribution in [2.75, 3.05) is 50.6 Å². The van der Waals surface area contributed by atoms with Crippen LogP contribution in [-0.4, -0.2) is 60.9 Å². The van der Waals surface area contributed by atoms with E-state index in [4.69, 9.17) is 14.5 Å². The summed E-state index contributed by atoms with van der Waals surface area (Å²) in [6, 6.07) is 13.3. The molecule has 0 atom stereocenters. The SMILES string of the molecule is COc1cc(NC(=O)N2CCN(c3nc4ccccc4n3C)CC2)cc(OC)c1. The molecule has 0 saturated carbocycles. The summed E-state index contributed by atoms with van der Waals surface area (Å²) in [5, 5.41) is 2.94. The molecule has 0 radical (unpaired) electrons. The summed E-state index contributed by atoms with van der Waals surface area (Å²) in [7, 11) is 5.20. The van der Waals surface area contributed by atoms with Gasteiger partial charge in [0, 0.05) is 57.1 Å². The molecule has 8 heteroatoms. The van der Waals surface area contributed by atoms with Crippen LogP contribution in [0.2, 0.25) is 0 Å². The van der Waals surface area contributed by atoms with Gasteiger partial charge in [-0.1, -0.05) is 12.1 Å². The van der Waals surface area contributed by atoms with E-state index in [1.54, 1.807) is 32.4 Å². The molecule has 0 spiro atoms. The first-order valence-corrected chi connectivity index (χ1v) is 9.54. The molecule has 2 aromatic carbocycles. The van der Waals surface area contributed by atoms with Gasteiger partial charge in [0.15, 0.2) is 0 Å². The molecule has 1 aliphatic heterocycles. The number of rotatable bonds is 4. The van der Waals surface area contributed by atoms with Crippen LogP contribution in [0.5, 0.6) is 11.5 Å². The molecule has 1 N–H and O–H groups in total. The number of nitrogens with one attached hydrogen (secondary N) is 1. The van der Waals surface area contributed by atoms with Crippen molar-refractivity contribution in [1.29, 1.82) is 0 Å². The second-order valence-corrected chi connectivity index (χ2v) is 6.97. The molecule has 0 unspecified atom stereocenters. The van der Waals surface area contributed by atoms with Crippen LogP contribution in [0.25, 0.3) is 11.0 Å². The number of piperazine rings is 1. The van der Waals surface area contributed by atoms with Gasteiger partial charge in [0.25, 0.3) is 0 Å². The van der Waals surface area contributed by atoms with Gasteiger partial charge in [0.1, 0.15) is 11.5 Å². The van der Waals surface area contributed by atoms with Gasteiger partial charge in [-0.15, -0.1) is 0 Å². The zero-order chi connectivity index (χ0) is 20.4. The predicted octanol–water partition coefficient (Wildman–Crippen LogP) is 2.94. The van der Waals surface area contributed by atoms with Crippen molar-refractivity contribution in [2.45, 2.75) is 0 Å². The van der Waals surface area contributed by atoms with Crippen LogP contribution in [0.15, 0.2) is 42.5 Å². The van der Waals surface area contributed by atoms with Crippen molar-refractivity contribution >= 4 is 28.7 Å². The number of ether oxygens (including phenoxy) is 2. The first-order valence-electron chi connectivity index (χ1n) is 9.54. The van der Waals surface area contributed by atoms with E-state index in [-0.39, 0.29) is 6.03 Å². The number of anilines is 2. The van der Waals surface area contributed by atoms with Crippen LogP contribution in [0.4, 0.5) is 16.4 Å². The molecule has 29 heavy (non-hydrogen) atoms. The number of aromatic nitrogens is 2. The monoisotopic (exact) mass is 395 g/mol. The molecule has 2 heterocycles. The van der Waals surface area contributed by atoms with Crippen LogP contribution in [-0.2, 0) is 7.05 Å². The van der Waals surface area contributed by atoms with Crippen LogP contribution in [0.1, 0.15) is 0 Å². The van der Waals surface area contributed by atoms with Crippen molar-refractivity contribution in [2.24, 2.45) is 7.05 Å². The summed E-state index contributed by atoms with van der Waals surface area (Å²) in [5.74, 6) is 2.20. The molecular weight excluding hydrogens is 370 g/mol. The van der Waals surface area contributed by atoms with E-state index < -0.39 is 0 Å². The number of nitrogens with zero attached hydrogens (tertiary/aromatic N) is 4. The van der Waals surface area contributed by atoms with E-state index in [9.17, 15) is 4.79 Å². The molecule has 0 aliphatic carbocycles. The highest BCUT2D eigenvalue weighted by Gasteiger charge is 2.24. The fourth-order valence-corrected chi connectivity index (χ4v) is 3.61. The number of urea groups is 1. The van der Waals surface area contributed by atoms with Gasteiger partial charge >= 0.3 is 6.03 Å². The van der Waals surface area contributed by atoms with Gasteiger partial charge in [0.05, 0.1) is 25.3 Å². The maximum absolute atomic E-state index is 12.7. The van der Waals surface area contributed by atoms with Crippen molar-refractivity contribution < 1.29 is 14.3 Å². The van der Waals surface area contributed by atoms with E-state index in [1.807, 2.05) is 30.1 Å². The quantitative estimate of drug-likeness (QED) is 0.735. The second-order valence-electron chi connectivity index (χ2n) is 6.97. The Kier molecular flexibility index (Phi) is 5.16. The lowest BCUT2D eigenvalue weighted by Crippen LogP contribution is -2.50. The number of hydrogen-bond acceptors (Lipinski definition) is 5. The van der Waals surface area contributed by atoms with Crippen LogP contribution < -0.4 is 19.7 Å². The molecule has 3 aromatic rings. The van der Waals surface area contributed by atoms with Gasteiger partial charge in [-0.3, -0.25) is 0 Å². The lowest BCUT2D eigenvalue weighted by molar-refractivity contribution is 0.208. The highest BCUT2D eigenvalue weighted by molar-refractivity contribution is 5.90. The summed E-state index contributed by atoms with van der Waals surface area (Å²) < 4.78 is 12.6. The van der Waals surface area contributed by atoms with E-state index in [2.05, 4.69) is 20.9 Å². The number of para-hydroxylation sites is 2. The number of amides is 2. The Morgan fingerprint density at radius 1 is 1.00 bits per heavy atom. The molecule has 1 saturated heterocycles. The molecule has 8 nitrogen and oxygen atoms in total. The minimum Gasteiger partial charge on any atom is -0.497 e. The van der Waals surface area contributed by atoms with E-state index in [1.165, 1.54) is 0 Å². The summed E-state index contributed by atoms with van der Waals surface area (Å²) in [4.78, 5) is 21.5. The van der Waals surface area contributed by atoms with Crippen LogP contribution >= 0.6 is 0 Å². The van der Waals surface area contributed by atoms with Crippen LogP contribution in [0.3, 0.4) is 0 Å².